The fourth-order valence-electron chi connectivity index (χ4n) is 5.89. The molecule has 3 aliphatic rings. The Hall–Kier alpha value is -3.54. The van der Waals surface area contributed by atoms with Crippen LogP contribution in [0.2, 0.25) is 0 Å². The van der Waals surface area contributed by atoms with Crippen LogP contribution in [0.5, 0.6) is 0 Å². The molecule has 2 aromatic rings. The number of aldehydes is 1. The van der Waals surface area contributed by atoms with Crippen LogP contribution in [0.1, 0.15) is 36.2 Å². The molecule has 5 rings (SSSR count). The number of aliphatic hydroxyl groups is 1. The third-order valence-corrected chi connectivity index (χ3v) is 9.17. The number of pyridine rings is 1. The lowest BCUT2D eigenvalue weighted by atomic mass is 9.79. The van der Waals surface area contributed by atoms with E-state index in [0.29, 0.717) is 35.7 Å². The number of benzene rings is 1. The molecule has 0 saturated carbocycles. The Morgan fingerprint density at radius 3 is 2.74 bits per heavy atom. The van der Waals surface area contributed by atoms with Gasteiger partial charge in [0.15, 0.2) is 0 Å². The van der Waals surface area contributed by atoms with Crippen molar-refractivity contribution in [1.82, 2.24) is 14.8 Å². The van der Waals surface area contributed by atoms with Crippen LogP contribution in [0, 0.1) is 11.8 Å². The van der Waals surface area contributed by atoms with E-state index in [-0.39, 0.29) is 34.7 Å². The van der Waals surface area contributed by atoms with E-state index >= 15 is 0 Å². The van der Waals surface area contributed by atoms with Gasteiger partial charge in [-0.2, -0.15) is 0 Å². The summed E-state index contributed by atoms with van der Waals surface area (Å²) in [6.07, 6.45) is 3.75. The summed E-state index contributed by atoms with van der Waals surface area (Å²) >= 11 is 1.41. The highest BCUT2D eigenvalue weighted by atomic mass is 32.2. The Morgan fingerprint density at radius 2 is 2.08 bits per heavy atom. The molecule has 39 heavy (non-hydrogen) atoms. The number of fused-ring (bicyclic) bond motifs is 1. The minimum absolute atomic E-state index is 0.0169. The van der Waals surface area contributed by atoms with Gasteiger partial charge in [-0.05, 0) is 37.1 Å². The monoisotopic (exact) mass is 550 g/mol. The second-order valence-corrected chi connectivity index (χ2v) is 11.6. The Bertz CT molecular complexity index is 1330. The largest absolute Gasteiger partial charge is 0.477 e. The van der Waals surface area contributed by atoms with E-state index in [0.717, 1.165) is 11.8 Å². The zero-order valence-corrected chi connectivity index (χ0v) is 22.4. The van der Waals surface area contributed by atoms with E-state index in [9.17, 15) is 29.4 Å². The molecule has 2 saturated heterocycles. The fourth-order valence-corrected chi connectivity index (χ4v) is 7.45. The number of aliphatic hydroxyl groups excluding tert-OH is 1. The smallest absolute Gasteiger partial charge is 0.353 e. The Kier molecular flexibility index (Phi) is 7.57. The number of nitrogens with zero attached hydrogens (tertiary/aromatic N) is 3. The molecule has 0 aliphatic carbocycles. The Labute approximate surface area is 230 Å². The molecule has 2 amide bonds. The number of thioether (sulfide) groups is 1. The molecule has 0 radical (unpaired) electrons. The van der Waals surface area contributed by atoms with Crippen molar-refractivity contribution in [3.8, 4) is 0 Å². The van der Waals surface area contributed by atoms with E-state index in [1.165, 1.54) is 16.7 Å². The van der Waals surface area contributed by atoms with Crippen molar-refractivity contribution in [2.75, 3.05) is 11.9 Å². The number of carboxylic acids is 1. The van der Waals surface area contributed by atoms with Crippen LogP contribution >= 0.6 is 11.8 Å². The van der Waals surface area contributed by atoms with Gasteiger partial charge in [0.05, 0.1) is 24.1 Å². The lowest BCUT2D eigenvalue weighted by Gasteiger charge is -2.46. The van der Waals surface area contributed by atoms with Gasteiger partial charge in [-0.1, -0.05) is 25.1 Å². The molecule has 204 valence electrons. The summed E-state index contributed by atoms with van der Waals surface area (Å²) in [4.78, 5) is 57.7. The number of likely N-dealkylation sites (tertiary alicyclic amines) is 1. The molecule has 11 heteroatoms. The molecule has 1 aromatic heterocycles. The molecule has 0 bridgehead atoms. The number of hydrogen-bond donors (Lipinski definition) is 3. The van der Waals surface area contributed by atoms with Gasteiger partial charge >= 0.3 is 5.97 Å². The van der Waals surface area contributed by atoms with Crippen LogP contribution in [0.3, 0.4) is 0 Å². The topological polar surface area (TPSA) is 140 Å². The number of carboxylic acid groups (broad SMARTS) is 1. The number of aromatic nitrogens is 1. The van der Waals surface area contributed by atoms with Gasteiger partial charge in [-0.25, -0.2) is 4.79 Å². The van der Waals surface area contributed by atoms with Crippen molar-refractivity contribution in [1.29, 1.82) is 0 Å². The van der Waals surface area contributed by atoms with E-state index in [1.54, 1.807) is 43.6 Å². The summed E-state index contributed by atoms with van der Waals surface area (Å²) < 4.78 is 0. The van der Waals surface area contributed by atoms with Crippen LogP contribution in [0.4, 0.5) is 5.69 Å². The second kappa shape index (κ2) is 10.9. The molecule has 6 atom stereocenters. The minimum Gasteiger partial charge on any atom is -0.477 e. The van der Waals surface area contributed by atoms with Crippen molar-refractivity contribution < 1.29 is 29.4 Å². The summed E-state index contributed by atoms with van der Waals surface area (Å²) in [5, 5.41) is 22.9. The van der Waals surface area contributed by atoms with Crippen LogP contribution < -0.4 is 5.32 Å². The standard InChI is InChI=1S/C28H30N4O6S/c1-15-23-22(16(2)34)27(36)32(23)24(28(37)38)25(15)39-20-10-21(31(13-20)12-18-6-4-8-29-11-18)26(35)30-19-7-3-5-17(9-19)14-33/h3-9,11,14-16,20-23,34H,10,12-13H2,1-2H3,(H,30,35)(H,37,38)/t15-,16-,20+,21+,22-,23-/m1/s1. The van der Waals surface area contributed by atoms with Gasteiger partial charge in [0, 0.05) is 52.8 Å². The van der Waals surface area contributed by atoms with Gasteiger partial charge in [-0.15, -0.1) is 11.8 Å². The first-order chi connectivity index (χ1) is 18.7. The van der Waals surface area contributed by atoms with E-state index in [2.05, 4.69) is 10.3 Å². The van der Waals surface area contributed by atoms with Crippen molar-refractivity contribution in [2.45, 2.75) is 50.3 Å². The van der Waals surface area contributed by atoms with Crippen molar-refractivity contribution in [3.05, 3.63) is 70.5 Å². The number of β-lactam (4-membered cyclic amide) rings is 1. The number of amides is 2. The molecule has 3 N–H and O–H groups in total. The number of anilines is 1. The van der Waals surface area contributed by atoms with Crippen molar-refractivity contribution in [3.63, 3.8) is 0 Å². The lowest BCUT2D eigenvalue weighted by Crippen LogP contribution is -2.63. The highest BCUT2D eigenvalue weighted by molar-refractivity contribution is 8.03. The van der Waals surface area contributed by atoms with Crippen LogP contribution in [-0.2, 0) is 20.9 Å². The maximum Gasteiger partial charge on any atom is 0.353 e. The number of aliphatic carboxylic acids is 1. The van der Waals surface area contributed by atoms with E-state index < -0.39 is 24.0 Å². The molecular weight excluding hydrogens is 520 g/mol. The van der Waals surface area contributed by atoms with Crippen molar-refractivity contribution in [2.24, 2.45) is 11.8 Å². The second-order valence-electron chi connectivity index (χ2n) is 10.3. The maximum atomic E-state index is 13.5. The first kappa shape index (κ1) is 27.0. The number of carbonyl (C=O) groups excluding carboxylic acids is 3. The first-order valence-electron chi connectivity index (χ1n) is 12.8. The minimum atomic E-state index is -1.17. The van der Waals surface area contributed by atoms with Gasteiger partial charge in [-0.3, -0.25) is 24.3 Å². The summed E-state index contributed by atoms with van der Waals surface area (Å²) in [5.74, 6) is -2.62. The quantitative estimate of drug-likeness (QED) is 0.317. The molecule has 4 heterocycles. The maximum absolute atomic E-state index is 13.5. The molecule has 2 fully saturated rings. The number of carbonyl (C=O) groups is 4. The predicted molar refractivity (Wildman–Crippen MR) is 145 cm³/mol. The normalized spacial score (nSPS) is 27.2. The first-order valence-corrected chi connectivity index (χ1v) is 13.7. The highest BCUT2D eigenvalue weighted by Gasteiger charge is 2.60. The van der Waals surface area contributed by atoms with Crippen LogP contribution in [-0.4, -0.2) is 79.0 Å². The summed E-state index contributed by atoms with van der Waals surface area (Å²) in [6.45, 7) is 4.45. The van der Waals surface area contributed by atoms with E-state index in [1.807, 2.05) is 24.0 Å². The van der Waals surface area contributed by atoms with Gasteiger partial charge in [0.2, 0.25) is 11.8 Å². The lowest BCUT2D eigenvalue weighted by molar-refractivity contribution is -0.163. The van der Waals surface area contributed by atoms with Gasteiger partial charge in [0.25, 0.3) is 0 Å². The molecule has 0 spiro atoms. The Morgan fingerprint density at radius 1 is 1.28 bits per heavy atom. The van der Waals surface area contributed by atoms with E-state index in [4.69, 9.17) is 0 Å². The number of nitrogens with one attached hydrogen (secondary N) is 1. The zero-order chi connectivity index (χ0) is 27.8. The molecule has 1 aromatic carbocycles. The van der Waals surface area contributed by atoms with Crippen LogP contribution in [0.15, 0.2) is 59.4 Å². The third kappa shape index (κ3) is 5.09. The molecule has 3 aliphatic heterocycles. The predicted octanol–water partition coefficient (Wildman–Crippen LogP) is 2.36. The SMILES string of the molecule is C[C@@H](O)[C@H]1C(=O)N2C(C(=O)O)=C(S[C@H]3C[C@@H](C(=O)Nc4cccc(C=O)c4)N(Cc4cccnc4)C3)[C@H](C)[C@H]12. The van der Waals surface area contributed by atoms with Gasteiger partial charge in [0.1, 0.15) is 12.0 Å². The fraction of sp³-hybridized carbons (Fsp3) is 0.393. The Balaban J connectivity index is 1.38. The molecular formula is C28H30N4O6S. The zero-order valence-electron chi connectivity index (χ0n) is 21.6. The van der Waals surface area contributed by atoms with Gasteiger partial charge < -0.3 is 20.4 Å². The average Bonchev–Trinajstić information content (AvgIpc) is 3.41. The third-order valence-electron chi connectivity index (χ3n) is 7.67. The summed E-state index contributed by atoms with van der Waals surface area (Å²) in [5.41, 5.74) is 1.90. The number of rotatable bonds is 9. The summed E-state index contributed by atoms with van der Waals surface area (Å²) in [6, 6.07) is 9.58. The summed E-state index contributed by atoms with van der Waals surface area (Å²) in [7, 11) is 0. The number of hydrogen-bond acceptors (Lipinski definition) is 8. The molecule has 10 nitrogen and oxygen atoms in total. The van der Waals surface area contributed by atoms with Crippen molar-refractivity contribution >= 4 is 41.5 Å². The highest BCUT2D eigenvalue weighted by Crippen LogP contribution is 2.52. The average molecular weight is 551 g/mol. The van der Waals surface area contributed by atoms with Crippen LogP contribution in [0.25, 0.3) is 0 Å². The molecule has 0 unspecified atom stereocenters.